The fourth-order valence-electron chi connectivity index (χ4n) is 4.42. The Hall–Kier alpha value is -4.32. The van der Waals surface area contributed by atoms with Crippen LogP contribution >= 0.6 is 21.6 Å². The van der Waals surface area contributed by atoms with Gasteiger partial charge in [-0.25, -0.2) is 9.59 Å². The third-order valence-electron chi connectivity index (χ3n) is 7.04. The van der Waals surface area contributed by atoms with E-state index in [0.29, 0.717) is 5.01 Å². The van der Waals surface area contributed by atoms with Gasteiger partial charge in [-0.3, -0.25) is 38.4 Å². The number of aliphatic carboxylic acids is 4. The SMILES string of the molecule is CC[N+]1(N(CC(=O)O)C(=O)[C@H](CSSC[C@H](NC(=O)CC[C@H](N)C(=O)O)C(=O)NCC(=O)O)NC(=O)CC[C@H](N)C(=O)O)C(=O)CCC1=O. The van der Waals surface area contributed by atoms with Gasteiger partial charge in [-0.15, -0.1) is 0 Å². The number of hydrogen-bond donors (Lipinski definition) is 9. The lowest BCUT2D eigenvalue weighted by Gasteiger charge is -2.38. The van der Waals surface area contributed by atoms with Crippen molar-refractivity contribution in [3.63, 3.8) is 0 Å². The number of nitrogens with two attached hydrogens (primary N) is 2. The first-order chi connectivity index (χ1) is 22.9. The molecule has 1 aliphatic rings. The number of amides is 6. The Morgan fingerprint density at radius 1 is 0.776 bits per heavy atom. The van der Waals surface area contributed by atoms with Gasteiger partial charge in [-0.05, 0) is 19.8 Å². The average Bonchev–Trinajstić information content (AvgIpc) is 3.32. The van der Waals surface area contributed by atoms with Crippen molar-refractivity contribution >= 4 is 80.9 Å². The summed E-state index contributed by atoms with van der Waals surface area (Å²) in [6.45, 7) is -0.804. The maximum atomic E-state index is 13.9. The number of nitrogens with one attached hydrogen (secondary N) is 3. The molecule has 1 saturated heterocycles. The number of hydrogen-bond acceptors (Lipinski definition) is 14. The highest BCUT2D eigenvalue weighted by Gasteiger charge is 2.57. The van der Waals surface area contributed by atoms with Crippen LogP contribution in [0.4, 0.5) is 0 Å². The third-order valence-corrected chi connectivity index (χ3v) is 9.46. The number of imide groups is 1. The molecule has 274 valence electrons. The molecule has 0 radical (unpaired) electrons. The Balaban J connectivity index is 3.23. The van der Waals surface area contributed by atoms with Crippen molar-refractivity contribution in [2.24, 2.45) is 11.5 Å². The molecule has 49 heavy (non-hydrogen) atoms. The van der Waals surface area contributed by atoms with Gasteiger partial charge in [-0.2, -0.15) is 5.01 Å². The standard InChI is InChI=1S/C26H39N7O14S2/c1-2-33(19(36)7-8-20(33)37)32(10-22(40)41)24(43)16(31-18(35)6-4-14(28)26(46)47)12-49-48-11-15(23(42)29-9-21(38)39)30-17(34)5-3-13(27)25(44)45/h13-16H,2-12,27-28H2,1H3,(H6-,29,30,31,34,35,38,39,40,41,42,44,45,46,47)/p+1/t13-,14-,15-,16-/m0/s1. The van der Waals surface area contributed by atoms with Crippen LogP contribution in [0.15, 0.2) is 0 Å². The van der Waals surface area contributed by atoms with Crippen molar-refractivity contribution in [1.82, 2.24) is 21.0 Å². The predicted molar refractivity (Wildman–Crippen MR) is 169 cm³/mol. The van der Waals surface area contributed by atoms with Crippen LogP contribution < -0.4 is 27.4 Å². The van der Waals surface area contributed by atoms with Crippen LogP contribution in [0.1, 0.15) is 45.4 Å². The summed E-state index contributed by atoms with van der Waals surface area (Å²) < 4.78 is -1.23. The van der Waals surface area contributed by atoms with Gasteiger partial charge in [0.1, 0.15) is 37.3 Å². The van der Waals surface area contributed by atoms with Crippen molar-refractivity contribution in [2.75, 3.05) is 31.1 Å². The number of carbonyl (C=O) groups is 10. The second-order valence-corrected chi connectivity index (χ2v) is 13.1. The quantitative estimate of drug-likeness (QED) is 0.0212. The van der Waals surface area contributed by atoms with Gasteiger partial charge < -0.3 is 47.8 Å². The molecule has 0 aliphatic carbocycles. The van der Waals surface area contributed by atoms with Crippen molar-refractivity contribution < 1.29 is 73.0 Å². The maximum absolute atomic E-state index is 13.9. The van der Waals surface area contributed by atoms with Crippen LogP contribution in [-0.2, 0) is 47.9 Å². The van der Waals surface area contributed by atoms with Crippen molar-refractivity contribution in [3.8, 4) is 0 Å². The zero-order chi connectivity index (χ0) is 37.5. The summed E-state index contributed by atoms with van der Waals surface area (Å²) in [7, 11) is 1.69. The highest BCUT2D eigenvalue weighted by molar-refractivity contribution is 8.76. The number of quaternary nitrogens is 1. The molecule has 21 nitrogen and oxygen atoms in total. The second-order valence-electron chi connectivity index (χ2n) is 10.6. The highest BCUT2D eigenvalue weighted by atomic mass is 33.1. The van der Waals surface area contributed by atoms with Crippen LogP contribution in [0.5, 0.6) is 0 Å². The molecule has 0 bridgehead atoms. The summed E-state index contributed by atoms with van der Waals surface area (Å²) in [5, 5.41) is 43.7. The van der Waals surface area contributed by atoms with Gasteiger partial charge in [0.25, 0.3) is 5.91 Å². The van der Waals surface area contributed by atoms with Gasteiger partial charge in [0, 0.05) is 24.3 Å². The predicted octanol–water partition coefficient (Wildman–Crippen LogP) is -3.57. The molecular formula is C26H40N7O14S2+. The number of carbonyl (C=O) groups excluding carboxylic acids is 6. The molecule has 1 aliphatic heterocycles. The van der Waals surface area contributed by atoms with E-state index in [9.17, 15) is 53.1 Å². The third kappa shape index (κ3) is 13.2. The molecule has 1 rings (SSSR count). The lowest BCUT2D eigenvalue weighted by atomic mass is 10.1. The van der Waals surface area contributed by atoms with Crippen LogP contribution in [0.25, 0.3) is 0 Å². The van der Waals surface area contributed by atoms with Gasteiger partial charge in [-0.1, -0.05) is 26.2 Å². The lowest BCUT2D eigenvalue weighted by Crippen LogP contribution is -2.69. The van der Waals surface area contributed by atoms with E-state index >= 15 is 0 Å². The van der Waals surface area contributed by atoms with Gasteiger partial charge in [0.2, 0.25) is 17.7 Å². The summed E-state index contributed by atoms with van der Waals surface area (Å²) in [5.41, 5.74) is 10.8. The van der Waals surface area contributed by atoms with E-state index in [0.717, 1.165) is 21.6 Å². The van der Waals surface area contributed by atoms with E-state index in [1.165, 1.54) is 6.92 Å². The smallest absolute Gasteiger partial charge is 0.346 e. The van der Waals surface area contributed by atoms with Crippen LogP contribution in [0.2, 0.25) is 0 Å². The van der Waals surface area contributed by atoms with E-state index in [1.54, 1.807) is 0 Å². The Bertz CT molecular complexity index is 1300. The Labute approximate surface area is 286 Å². The van der Waals surface area contributed by atoms with Crippen LogP contribution in [0.3, 0.4) is 0 Å². The fourth-order valence-corrected chi connectivity index (χ4v) is 6.74. The number of likely N-dealkylation sites (tertiary alicyclic amines) is 1. The highest BCUT2D eigenvalue weighted by Crippen LogP contribution is 2.29. The Morgan fingerprint density at radius 2 is 1.22 bits per heavy atom. The van der Waals surface area contributed by atoms with Crippen LogP contribution in [-0.4, -0.2) is 145 Å². The largest absolute Gasteiger partial charge is 0.480 e. The second kappa shape index (κ2) is 20.3. The molecule has 1 fully saturated rings. The normalized spacial score (nSPS) is 16.1. The summed E-state index contributed by atoms with van der Waals surface area (Å²) in [5.74, 6) is -11.5. The van der Waals surface area contributed by atoms with E-state index < -0.39 is 114 Å². The number of nitrogens with zero attached hydrogens (tertiary/aromatic N) is 2. The van der Waals surface area contributed by atoms with E-state index in [-0.39, 0.29) is 43.7 Å². The minimum absolute atomic E-state index is 0.260. The molecule has 0 aromatic rings. The lowest BCUT2D eigenvalue weighted by molar-refractivity contribution is -0.880. The summed E-state index contributed by atoms with van der Waals surface area (Å²) in [6, 6.07) is -5.75. The molecule has 0 saturated carbocycles. The average molecular weight is 739 g/mol. The first-order valence-electron chi connectivity index (χ1n) is 14.6. The van der Waals surface area contributed by atoms with Crippen molar-refractivity contribution in [3.05, 3.63) is 0 Å². The van der Waals surface area contributed by atoms with Crippen LogP contribution in [0, 0.1) is 0 Å². The maximum Gasteiger partial charge on any atom is 0.346 e. The molecular weight excluding hydrogens is 698 g/mol. The minimum Gasteiger partial charge on any atom is -0.480 e. The molecule has 0 unspecified atom stereocenters. The zero-order valence-electron chi connectivity index (χ0n) is 26.3. The zero-order valence-corrected chi connectivity index (χ0v) is 28.0. The van der Waals surface area contributed by atoms with Gasteiger partial charge in [0.05, 0.1) is 12.8 Å². The Morgan fingerprint density at radius 3 is 1.63 bits per heavy atom. The molecule has 11 N–H and O–H groups in total. The van der Waals surface area contributed by atoms with E-state index in [1.807, 2.05) is 0 Å². The van der Waals surface area contributed by atoms with Crippen molar-refractivity contribution in [1.29, 1.82) is 0 Å². The summed E-state index contributed by atoms with van der Waals surface area (Å²) >= 11 is 0. The number of carboxylic acid groups (broad SMARTS) is 4. The molecule has 0 aromatic carbocycles. The monoisotopic (exact) mass is 738 g/mol. The number of carboxylic acids is 4. The first-order valence-corrected chi connectivity index (χ1v) is 17.1. The Kier molecular flexibility index (Phi) is 17.6. The molecule has 0 aromatic heterocycles. The molecule has 4 atom stereocenters. The summed E-state index contributed by atoms with van der Waals surface area (Å²) in [6.07, 6.45) is -1.99. The topological polar surface area (TPSA) is 343 Å². The molecule has 1 heterocycles. The van der Waals surface area contributed by atoms with Gasteiger partial charge in [0.15, 0.2) is 6.54 Å². The molecule has 23 heteroatoms. The van der Waals surface area contributed by atoms with Crippen molar-refractivity contribution in [2.45, 2.75) is 69.6 Å². The van der Waals surface area contributed by atoms with E-state index in [4.69, 9.17) is 26.8 Å². The van der Waals surface area contributed by atoms with Gasteiger partial charge >= 0.3 is 35.7 Å². The molecule has 0 spiro atoms. The first kappa shape index (κ1) is 42.7. The molecule has 6 amide bonds. The minimum atomic E-state index is -1.60. The summed E-state index contributed by atoms with van der Waals surface area (Å²) in [4.78, 5) is 122. The number of rotatable bonds is 23. The van der Waals surface area contributed by atoms with E-state index in [2.05, 4.69) is 16.0 Å². The fraction of sp³-hybridized carbons (Fsp3) is 0.615.